The van der Waals surface area contributed by atoms with E-state index in [2.05, 4.69) is 20.3 Å². The molecule has 3 N–H and O–H groups in total. The Balaban J connectivity index is 1.47. The second-order valence-corrected chi connectivity index (χ2v) is 6.73. The van der Waals surface area contributed by atoms with Gasteiger partial charge in [-0.2, -0.15) is 0 Å². The number of pyridine rings is 1. The Hall–Kier alpha value is -3.91. The number of nitrogens with two attached hydrogens (primary N) is 1. The van der Waals surface area contributed by atoms with E-state index in [1.165, 1.54) is 6.33 Å². The lowest BCUT2D eigenvalue weighted by Gasteiger charge is -2.13. The van der Waals surface area contributed by atoms with Crippen LogP contribution in [0.1, 0.15) is 5.69 Å². The Morgan fingerprint density at radius 2 is 1.81 bits per heavy atom. The Bertz CT molecular complexity index is 1140. The summed E-state index contributed by atoms with van der Waals surface area (Å²) in [6.07, 6.45) is 3.25. The number of aromatic nitrogens is 3. The first kappa shape index (κ1) is 20.4. The number of rotatable bonds is 9. The van der Waals surface area contributed by atoms with E-state index in [9.17, 15) is 0 Å². The van der Waals surface area contributed by atoms with Crippen molar-refractivity contribution in [2.24, 2.45) is 0 Å². The van der Waals surface area contributed by atoms with Crippen LogP contribution in [0.25, 0.3) is 10.9 Å². The molecule has 0 saturated heterocycles. The zero-order valence-electron chi connectivity index (χ0n) is 17.1. The number of benzene rings is 2. The van der Waals surface area contributed by atoms with Crippen molar-refractivity contribution in [3.8, 4) is 11.5 Å². The molecule has 0 aliphatic rings. The second-order valence-electron chi connectivity index (χ2n) is 6.73. The van der Waals surface area contributed by atoms with Gasteiger partial charge < -0.3 is 25.3 Å². The average Bonchev–Trinajstić information content (AvgIpc) is 2.80. The Kier molecular flexibility index (Phi) is 6.39. The highest BCUT2D eigenvalue weighted by molar-refractivity contribution is 5.94. The largest absolute Gasteiger partial charge is 0.489 e. The molecule has 0 fully saturated rings. The van der Waals surface area contributed by atoms with Crippen LogP contribution < -0.4 is 20.5 Å². The van der Waals surface area contributed by atoms with Gasteiger partial charge >= 0.3 is 0 Å². The number of ether oxygens (including phenoxy) is 3. The smallest absolute Gasteiger partial charge is 0.144 e. The number of anilines is 3. The van der Waals surface area contributed by atoms with E-state index in [1.807, 2.05) is 54.6 Å². The summed E-state index contributed by atoms with van der Waals surface area (Å²) in [6, 6.07) is 17.0. The molecule has 0 radical (unpaired) electrons. The van der Waals surface area contributed by atoms with Crippen LogP contribution >= 0.6 is 0 Å². The first-order valence-electron chi connectivity index (χ1n) is 9.78. The quantitative estimate of drug-likeness (QED) is 0.312. The molecule has 0 aliphatic carbocycles. The van der Waals surface area contributed by atoms with Gasteiger partial charge in [0.25, 0.3) is 0 Å². The molecule has 4 aromatic rings. The topological polar surface area (TPSA) is 104 Å². The molecule has 8 heteroatoms. The molecule has 4 rings (SSSR count). The van der Waals surface area contributed by atoms with Crippen molar-refractivity contribution in [3.05, 3.63) is 72.8 Å². The van der Waals surface area contributed by atoms with E-state index in [0.29, 0.717) is 37.1 Å². The SMILES string of the molecule is COCCOc1cc2ncnc(Nc3ccc(OCc4ccccn4)cc3)c2cc1N. The maximum Gasteiger partial charge on any atom is 0.144 e. The third-order valence-corrected chi connectivity index (χ3v) is 4.54. The third kappa shape index (κ3) is 5.18. The van der Waals surface area contributed by atoms with Gasteiger partial charge in [0, 0.05) is 30.4 Å². The van der Waals surface area contributed by atoms with Crippen molar-refractivity contribution in [2.45, 2.75) is 6.61 Å². The molecule has 0 bridgehead atoms. The molecule has 0 saturated carbocycles. The first-order valence-corrected chi connectivity index (χ1v) is 9.78. The Morgan fingerprint density at radius 3 is 2.58 bits per heavy atom. The van der Waals surface area contributed by atoms with E-state index in [1.54, 1.807) is 13.3 Å². The van der Waals surface area contributed by atoms with Gasteiger partial charge in [-0.1, -0.05) is 6.07 Å². The van der Waals surface area contributed by atoms with Crippen molar-refractivity contribution < 1.29 is 14.2 Å². The number of nitrogens with zero attached hydrogens (tertiary/aromatic N) is 3. The van der Waals surface area contributed by atoms with Crippen LogP contribution in [-0.4, -0.2) is 35.3 Å². The number of nitrogen functional groups attached to an aromatic ring is 1. The maximum atomic E-state index is 6.16. The molecule has 31 heavy (non-hydrogen) atoms. The predicted molar refractivity (Wildman–Crippen MR) is 120 cm³/mol. The lowest BCUT2D eigenvalue weighted by atomic mass is 10.2. The fourth-order valence-corrected chi connectivity index (χ4v) is 2.97. The molecule has 0 spiro atoms. The van der Waals surface area contributed by atoms with E-state index < -0.39 is 0 Å². The standard InChI is InChI=1S/C23H23N5O3/c1-29-10-11-30-22-13-21-19(12-20(22)24)23(27-15-26-21)28-16-5-7-18(8-6-16)31-14-17-4-2-3-9-25-17/h2-9,12-13,15H,10-11,14,24H2,1H3,(H,26,27,28). The van der Waals surface area contributed by atoms with Crippen LogP contribution in [0.15, 0.2) is 67.1 Å². The normalized spacial score (nSPS) is 10.7. The Labute approximate surface area is 180 Å². The van der Waals surface area contributed by atoms with Gasteiger partial charge in [0.15, 0.2) is 0 Å². The van der Waals surface area contributed by atoms with Gasteiger partial charge in [0.05, 0.1) is 23.5 Å². The molecular weight excluding hydrogens is 394 g/mol. The lowest BCUT2D eigenvalue weighted by Crippen LogP contribution is -2.06. The highest BCUT2D eigenvalue weighted by Gasteiger charge is 2.10. The highest BCUT2D eigenvalue weighted by Crippen LogP contribution is 2.31. The van der Waals surface area contributed by atoms with Crippen LogP contribution in [-0.2, 0) is 11.3 Å². The Morgan fingerprint density at radius 1 is 0.935 bits per heavy atom. The number of hydrogen-bond acceptors (Lipinski definition) is 8. The van der Waals surface area contributed by atoms with Crippen molar-refractivity contribution in [1.29, 1.82) is 0 Å². The van der Waals surface area contributed by atoms with Gasteiger partial charge in [0.2, 0.25) is 0 Å². The van der Waals surface area contributed by atoms with Crippen molar-refractivity contribution >= 4 is 28.1 Å². The predicted octanol–water partition coefficient (Wildman–Crippen LogP) is 3.95. The summed E-state index contributed by atoms with van der Waals surface area (Å²) >= 11 is 0. The van der Waals surface area contributed by atoms with Crippen LogP contribution in [0, 0.1) is 0 Å². The maximum absolute atomic E-state index is 6.16. The molecule has 0 unspecified atom stereocenters. The average molecular weight is 417 g/mol. The van der Waals surface area contributed by atoms with E-state index in [-0.39, 0.29) is 0 Å². The highest BCUT2D eigenvalue weighted by atomic mass is 16.5. The molecule has 0 amide bonds. The summed E-state index contributed by atoms with van der Waals surface area (Å²) in [5.41, 5.74) is 9.15. The first-order chi connectivity index (χ1) is 15.2. The monoisotopic (exact) mass is 417 g/mol. The minimum absolute atomic E-state index is 0.414. The van der Waals surface area contributed by atoms with Crippen LogP contribution in [0.2, 0.25) is 0 Å². The number of methoxy groups -OCH3 is 1. The molecular formula is C23H23N5O3. The number of hydrogen-bond donors (Lipinski definition) is 2. The molecule has 2 heterocycles. The zero-order valence-corrected chi connectivity index (χ0v) is 17.1. The summed E-state index contributed by atoms with van der Waals surface area (Å²) in [4.78, 5) is 13.0. The number of fused-ring (bicyclic) bond motifs is 1. The molecule has 0 aliphatic heterocycles. The van der Waals surface area contributed by atoms with Gasteiger partial charge in [-0.15, -0.1) is 0 Å². The van der Waals surface area contributed by atoms with Crippen molar-refractivity contribution in [2.75, 3.05) is 31.4 Å². The fraction of sp³-hybridized carbons (Fsp3) is 0.174. The molecule has 0 atom stereocenters. The molecule has 2 aromatic carbocycles. The second kappa shape index (κ2) is 9.73. The van der Waals surface area contributed by atoms with Crippen molar-refractivity contribution in [3.63, 3.8) is 0 Å². The van der Waals surface area contributed by atoms with E-state index >= 15 is 0 Å². The van der Waals surface area contributed by atoms with Gasteiger partial charge in [-0.05, 0) is 42.5 Å². The zero-order chi connectivity index (χ0) is 21.5. The summed E-state index contributed by atoms with van der Waals surface area (Å²) in [6.45, 7) is 1.31. The molecule has 158 valence electrons. The van der Waals surface area contributed by atoms with Gasteiger partial charge in [-0.3, -0.25) is 4.98 Å². The lowest BCUT2D eigenvalue weighted by molar-refractivity contribution is 0.147. The van der Waals surface area contributed by atoms with Crippen LogP contribution in [0.4, 0.5) is 17.2 Å². The minimum atomic E-state index is 0.414. The van der Waals surface area contributed by atoms with Crippen LogP contribution in [0.5, 0.6) is 11.5 Å². The van der Waals surface area contributed by atoms with E-state index in [4.69, 9.17) is 19.9 Å². The molecule has 8 nitrogen and oxygen atoms in total. The summed E-state index contributed by atoms with van der Waals surface area (Å²) in [5.74, 6) is 1.98. The number of nitrogens with one attached hydrogen (secondary N) is 1. The molecule has 2 aromatic heterocycles. The van der Waals surface area contributed by atoms with E-state index in [0.717, 1.165) is 28.0 Å². The third-order valence-electron chi connectivity index (χ3n) is 4.54. The van der Waals surface area contributed by atoms with Gasteiger partial charge in [-0.25, -0.2) is 9.97 Å². The summed E-state index contributed by atoms with van der Waals surface area (Å²) < 4.78 is 16.5. The van der Waals surface area contributed by atoms with Crippen molar-refractivity contribution in [1.82, 2.24) is 15.0 Å². The van der Waals surface area contributed by atoms with Crippen LogP contribution in [0.3, 0.4) is 0 Å². The summed E-state index contributed by atoms with van der Waals surface area (Å²) in [7, 11) is 1.62. The van der Waals surface area contributed by atoms with Gasteiger partial charge in [0.1, 0.15) is 36.9 Å². The fourth-order valence-electron chi connectivity index (χ4n) is 2.97. The summed E-state index contributed by atoms with van der Waals surface area (Å²) in [5, 5.41) is 4.11. The minimum Gasteiger partial charge on any atom is -0.489 e.